The number of hydrogen-bond acceptors (Lipinski definition) is 3. The van der Waals surface area contributed by atoms with Gasteiger partial charge >= 0.3 is 0 Å². The average Bonchev–Trinajstić information content (AvgIpc) is 2.76. The number of benzene rings is 1. The fourth-order valence-corrected chi connectivity index (χ4v) is 3.70. The summed E-state index contributed by atoms with van der Waals surface area (Å²) in [5.41, 5.74) is 7.88. The van der Waals surface area contributed by atoms with Crippen LogP contribution in [0.25, 0.3) is 0 Å². The molecule has 1 aliphatic heterocycles. The molecule has 2 unspecified atom stereocenters. The Bertz CT molecular complexity index is 465. The van der Waals surface area contributed by atoms with Crippen LogP contribution in [-0.2, 0) is 23.0 Å². The highest BCUT2D eigenvalue weighted by molar-refractivity contribution is 7.84. The molecule has 100 valence electrons. The maximum Gasteiger partial charge on any atom is 0.126 e. The fourth-order valence-electron chi connectivity index (χ4n) is 2.04. The van der Waals surface area contributed by atoms with Crippen molar-refractivity contribution in [3.8, 4) is 5.75 Å². The summed E-state index contributed by atoms with van der Waals surface area (Å²) >= 11 is 6.07. The highest BCUT2D eigenvalue weighted by Crippen LogP contribution is 2.33. The minimum atomic E-state index is -0.965. The maximum absolute atomic E-state index is 12.0. The molecule has 0 spiro atoms. The Morgan fingerprint density at radius 3 is 3.06 bits per heavy atom. The van der Waals surface area contributed by atoms with Crippen LogP contribution in [0.5, 0.6) is 5.75 Å². The van der Waals surface area contributed by atoms with Crippen LogP contribution in [0.15, 0.2) is 12.1 Å². The number of nitrogens with two attached hydrogens (primary N) is 1. The molecule has 3 nitrogen and oxygen atoms in total. The van der Waals surface area contributed by atoms with Gasteiger partial charge < -0.3 is 10.5 Å². The molecule has 0 saturated carbocycles. The van der Waals surface area contributed by atoms with E-state index in [0.29, 0.717) is 23.1 Å². The van der Waals surface area contributed by atoms with Crippen LogP contribution in [0, 0.1) is 0 Å². The Morgan fingerprint density at radius 2 is 2.33 bits per heavy atom. The highest BCUT2D eigenvalue weighted by atomic mass is 35.5. The van der Waals surface area contributed by atoms with E-state index in [0.717, 1.165) is 29.7 Å². The molecule has 5 heteroatoms. The number of halogens is 1. The number of rotatable bonds is 5. The van der Waals surface area contributed by atoms with Crippen molar-refractivity contribution in [2.45, 2.75) is 31.6 Å². The predicted molar refractivity (Wildman–Crippen MR) is 75.6 cm³/mol. The average molecular weight is 288 g/mol. The van der Waals surface area contributed by atoms with Crippen molar-refractivity contribution >= 4 is 22.4 Å². The lowest BCUT2D eigenvalue weighted by Crippen LogP contribution is -2.26. The van der Waals surface area contributed by atoms with Gasteiger partial charge in [-0.05, 0) is 24.1 Å². The summed E-state index contributed by atoms with van der Waals surface area (Å²) in [6.07, 6.45) is 1.72. The van der Waals surface area contributed by atoms with E-state index < -0.39 is 10.8 Å². The largest absolute Gasteiger partial charge is 0.493 e. The van der Waals surface area contributed by atoms with E-state index in [-0.39, 0.29) is 6.04 Å². The maximum atomic E-state index is 12.0. The SMILES string of the molecule is CCC(N)CS(=O)Cc1cc(Cl)cc2c1OCC2. The molecule has 0 bridgehead atoms. The third-order valence-corrected chi connectivity index (χ3v) is 4.72. The summed E-state index contributed by atoms with van der Waals surface area (Å²) in [4.78, 5) is 0. The van der Waals surface area contributed by atoms with E-state index in [1.807, 2.05) is 19.1 Å². The van der Waals surface area contributed by atoms with Gasteiger partial charge in [-0.1, -0.05) is 18.5 Å². The molecule has 0 aliphatic carbocycles. The topological polar surface area (TPSA) is 52.3 Å². The zero-order chi connectivity index (χ0) is 13.1. The van der Waals surface area contributed by atoms with Crippen LogP contribution in [0.2, 0.25) is 5.02 Å². The van der Waals surface area contributed by atoms with Gasteiger partial charge in [-0.15, -0.1) is 0 Å². The molecule has 0 aromatic heterocycles. The van der Waals surface area contributed by atoms with E-state index in [2.05, 4.69) is 0 Å². The van der Waals surface area contributed by atoms with Crippen LogP contribution in [0.3, 0.4) is 0 Å². The smallest absolute Gasteiger partial charge is 0.126 e. The van der Waals surface area contributed by atoms with Crippen LogP contribution < -0.4 is 10.5 Å². The Labute approximate surface area is 115 Å². The van der Waals surface area contributed by atoms with Crippen LogP contribution >= 0.6 is 11.6 Å². The standard InChI is InChI=1S/C13H18ClNO2S/c1-2-12(15)8-18(16)7-10-6-11(14)5-9-3-4-17-13(9)10/h5-6,12H,2-4,7-8,15H2,1H3. The molecular weight excluding hydrogens is 270 g/mol. The fraction of sp³-hybridized carbons (Fsp3) is 0.538. The summed E-state index contributed by atoms with van der Waals surface area (Å²) in [6.45, 7) is 2.69. The first-order chi connectivity index (χ1) is 8.60. The van der Waals surface area contributed by atoms with Gasteiger partial charge in [0, 0.05) is 39.6 Å². The van der Waals surface area contributed by atoms with E-state index in [1.54, 1.807) is 0 Å². The van der Waals surface area contributed by atoms with Crippen LogP contribution in [0.4, 0.5) is 0 Å². The molecule has 2 N–H and O–H groups in total. The summed E-state index contributed by atoms with van der Waals surface area (Å²) in [5, 5.41) is 0.686. The highest BCUT2D eigenvalue weighted by Gasteiger charge is 2.19. The normalized spacial score (nSPS) is 17.1. The molecule has 0 fully saturated rings. The second-order valence-electron chi connectivity index (χ2n) is 4.57. The molecule has 1 aliphatic rings. The zero-order valence-corrected chi connectivity index (χ0v) is 12.0. The predicted octanol–water partition coefficient (Wildman–Crippen LogP) is 2.26. The van der Waals surface area contributed by atoms with Crippen molar-refractivity contribution in [1.29, 1.82) is 0 Å². The van der Waals surface area contributed by atoms with Gasteiger partial charge in [0.15, 0.2) is 0 Å². The van der Waals surface area contributed by atoms with Gasteiger partial charge in [-0.2, -0.15) is 0 Å². The van der Waals surface area contributed by atoms with Gasteiger partial charge in [0.05, 0.1) is 12.4 Å². The van der Waals surface area contributed by atoms with Gasteiger partial charge in [0.1, 0.15) is 5.75 Å². The van der Waals surface area contributed by atoms with Crippen molar-refractivity contribution in [2.75, 3.05) is 12.4 Å². The van der Waals surface area contributed by atoms with Gasteiger partial charge in [0.2, 0.25) is 0 Å². The Hall–Kier alpha value is -0.580. The monoisotopic (exact) mass is 287 g/mol. The summed E-state index contributed by atoms with van der Waals surface area (Å²) in [7, 11) is -0.965. The van der Waals surface area contributed by atoms with Gasteiger partial charge in [-0.25, -0.2) is 0 Å². The van der Waals surface area contributed by atoms with Crippen molar-refractivity contribution < 1.29 is 8.95 Å². The van der Waals surface area contributed by atoms with Crippen LogP contribution in [0.1, 0.15) is 24.5 Å². The molecule has 0 radical (unpaired) electrons. The van der Waals surface area contributed by atoms with Crippen LogP contribution in [-0.4, -0.2) is 22.6 Å². The molecule has 18 heavy (non-hydrogen) atoms. The van der Waals surface area contributed by atoms with E-state index in [1.165, 1.54) is 0 Å². The van der Waals surface area contributed by atoms with Crippen molar-refractivity contribution in [3.05, 3.63) is 28.3 Å². The van der Waals surface area contributed by atoms with E-state index in [4.69, 9.17) is 22.1 Å². The first-order valence-electron chi connectivity index (χ1n) is 6.14. The number of fused-ring (bicyclic) bond motifs is 1. The minimum Gasteiger partial charge on any atom is -0.493 e. The van der Waals surface area contributed by atoms with E-state index >= 15 is 0 Å². The third kappa shape index (κ3) is 3.25. The van der Waals surface area contributed by atoms with E-state index in [9.17, 15) is 4.21 Å². The lowest BCUT2D eigenvalue weighted by atomic mass is 10.1. The molecule has 1 aromatic rings. The molecule has 2 rings (SSSR count). The van der Waals surface area contributed by atoms with Gasteiger partial charge in [-0.3, -0.25) is 4.21 Å². The summed E-state index contributed by atoms with van der Waals surface area (Å²) < 4.78 is 17.6. The lowest BCUT2D eigenvalue weighted by Gasteiger charge is -2.11. The third-order valence-electron chi connectivity index (χ3n) is 3.07. The van der Waals surface area contributed by atoms with Crippen molar-refractivity contribution in [2.24, 2.45) is 5.73 Å². The lowest BCUT2D eigenvalue weighted by molar-refractivity contribution is 0.354. The quantitative estimate of drug-likeness (QED) is 0.904. The molecule has 0 saturated heterocycles. The number of ether oxygens (including phenoxy) is 1. The molecule has 2 atom stereocenters. The zero-order valence-electron chi connectivity index (χ0n) is 10.4. The second kappa shape index (κ2) is 6.04. The van der Waals surface area contributed by atoms with Gasteiger partial charge in [0.25, 0.3) is 0 Å². The number of hydrogen-bond donors (Lipinski definition) is 1. The molecule has 0 amide bonds. The Balaban J connectivity index is 2.12. The molecule has 1 heterocycles. The molecular formula is C13H18ClNO2S. The second-order valence-corrected chi connectivity index (χ2v) is 6.51. The Morgan fingerprint density at radius 1 is 1.56 bits per heavy atom. The minimum absolute atomic E-state index is 0.000940. The van der Waals surface area contributed by atoms with Crippen molar-refractivity contribution in [3.63, 3.8) is 0 Å². The Kier molecular flexibility index (Phi) is 4.65. The first kappa shape index (κ1) is 13.8. The first-order valence-corrected chi connectivity index (χ1v) is 8.01. The van der Waals surface area contributed by atoms with Crippen molar-refractivity contribution in [1.82, 2.24) is 0 Å². The summed E-state index contributed by atoms with van der Waals surface area (Å²) in [6, 6.07) is 3.77. The summed E-state index contributed by atoms with van der Waals surface area (Å²) in [5.74, 6) is 1.87. The molecule has 1 aromatic carbocycles.